The number of likely N-dealkylation sites (N-methyl/N-ethyl adjacent to an activating group) is 1. The van der Waals surface area contributed by atoms with Crippen LogP contribution in [-0.2, 0) is 0 Å². The van der Waals surface area contributed by atoms with Gasteiger partial charge in [0.2, 0.25) is 0 Å². The maximum absolute atomic E-state index is 8.77. The van der Waals surface area contributed by atoms with Gasteiger partial charge in [-0.15, -0.1) is 0 Å². The second-order valence-corrected chi connectivity index (χ2v) is 1.68. The maximum atomic E-state index is 8.77. The Morgan fingerprint density at radius 2 is 2.14 bits per heavy atom. The first-order valence-electron chi connectivity index (χ1n) is 2.14. The highest BCUT2D eigenvalue weighted by atomic mass is 16.3. The minimum Gasteiger partial charge on any atom is -0.392 e. The van der Waals surface area contributed by atoms with E-state index in [9.17, 15) is 0 Å². The highest BCUT2D eigenvalue weighted by Gasteiger charge is 2.13. The van der Waals surface area contributed by atoms with Crippen molar-refractivity contribution in [1.82, 2.24) is 5.32 Å². The van der Waals surface area contributed by atoms with Crippen LogP contribution in [0.25, 0.3) is 0 Å². The fourth-order valence-corrected chi connectivity index (χ4v) is 0.0791. The minimum absolute atomic E-state index is 0.260. The molecule has 0 radical (unpaired) electrons. The highest BCUT2D eigenvalue weighted by Crippen LogP contribution is 1.90. The molecule has 0 aromatic heterocycles. The molecule has 0 aliphatic heterocycles. The van der Waals surface area contributed by atoms with Gasteiger partial charge in [-0.1, -0.05) is 0 Å². The van der Waals surface area contributed by atoms with Crippen molar-refractivity contribution in [1.29, 1.82) is 0 Å². The average Bonchev–Trinajstić information content (AvgIpc) is 1.68. The van der Waals surface area contributed by atoms with Crippen molar-refractivity contribution in [3.05, 3.63) is 0 Å². The number of aliphatic hydroxyl groups excluding tert-OH is 1. The van der Waals surface area contributed by atoms with Gasteiger partial charge in [0.05, 0.1) is 6.61 Å². The first-order valence-corrected chi connectivity index (χ1v) is 2.14. The molecule has 44 valence electrons. The first-order chi connectivity index (χ1) is 3.12. The largest absolute Gasteiger partial charge is 0.392 e. The Hall–Kier alpha value is -0.120. The van der Waals surface area contributed by atoms with Crippen LogP contribution in [0.5, 0.6) is 0 Å². The molecule has 1 unspecified atom stereocenters. The van der Waals surface area contributed by atoms with Crippen LogP contribution >= 0.6 is 0 Å². The fraction of sp³-hybridized carbons (Fsp3) is 1.00. The SMILES string of the molecule is CNC(C)(O)CO. The summed E-state index contributed by atoms with van der Waals surface area (Å²) in [5, 5.41) is 19.5. The van der Waals surface area contributed by atoms with E-state index in [1.54, 1.807) is 7.05 Å². The Labute approximate surface area is 43.0 Å². The third-order valence-corrected chi connectivity index (χ3v) is 0.846. The van der Waals surface area contributed by atoms with Crippen LogP contribution in [0.2, 0.25) is 0 Å². The first kappa shape index (κ1) is 6.88. The molecule has 0 bridgehead atoms. The lowest BCUT2D eigenvalue weighted by Gasteiger charge is -2.17. The van der Waals surface area contributed by atoms with E-state index in [0.29, 0.717) is 0 Å². The molecule has 0 heterocycles. The second kappa shape index (κ2) is 2.26. The van der Waals surface area contributed by atoms with Gasteiger partial charge in [-0.3, -0.25) is 5.32 Å². The van der Waals surface area contributed by atoms with E-state index in [-0.39, 0.29) is 6.61 Å². The van der Waals surface area contributed by atoms with E-state index in [1.165, 1.54) is 6.92 Å². The van der Waals surface area contributed by atoms with Gasteiger partial charge in [-0.2, -0.15) is 0 Å². The van der Waals surface area contributed by atoms with Crippen molar-refractivity contribution in [2.45, 2.75) is 12.6 Å². The Balaban J connectivity index is 3.36. The second-order valence-electron chi connectivity index (χ2n) is 1.68. The molecule has 0 aromatic carbocycles. The number of hydrogen-bond acceptors (Lipinski definition) is 3. The average molecular weight is 105 g/mol. The van der Waals surface area contributed by atoms with Gasteiger partial charge in [0.15, 0.2) is 0 Å². The van der Waals surface area contributed by atoms with E-state index < -0.39 is 5.72 Å². The molecule has 0 amide bonds. The van der Waals surface area contributed by atoms with Crippen LogP contribution < -0.4 is 5.32 Å². The summed E-state index contributed by atoms with van der Waals surface area (Å²) in [6, 6.07) is 0. The molecule has 0 aromatic rings. The maximum Gasteiger partial charge on any atom is 0.136 e. The summed E-state index contributed by atoms with van der Waals surface area (Å²) in [6.45, 7) is 1.23. The van der Waals surface area contributed by atoms with Crippen molar-refractivity contribution in [3.8, 4) is 0 Å². The van der Waals surface area contributed by atoms with Gasteiger partial charge >= 0.3 is 0 Å². The summed E-state index contributed by atoms with van der Waals surface area (Å²) in [6.07, 6.45) is 0. The van der Waals surface area contributed by atoms with Gasteiger partial charge in [0.1, 0.15) is 5.72 Å². The zero-order valence-electron chi connectivity index (χ0n) is 4.60. The normalized spacial score (nSPS) is 18.9. The third kappa shape index (κ3) is 2.56. The molecule has 0 spiro atoms. The monoisotopic (exact) mass is 105 g/mol. The van der Waals surface area contributed by atoms with Crippen LogP contribution in [0, 0.1) is 0 Å². The van der Waals surface area contributed by atoms with E-state index >= 15 is 0 Å². The van der Waals surface area contributed by atoms with Crippen molar-refractivity contribution in [3.63, 3.8) is 0 Å². The smallest absolute Gasteiger partial charge is 0.136 e. The van der Waals surface area contributed by atoms with Crippen LogP contribution in [0.15, 0.2) is 0 Å². The van der Waals surface area contributed by atoms with Gasteiger partial charge in [-0.05, 0) is 14.0 Å². The van der Waals surface area contributed by atoms with Gasteiger partial charge in [-0.25, -0.2) is 0 Å². The molecule has 0 aliphatic rings. The topological polar surface area (TPSA) is 52.5 Å². The summed E-state index contributed by atoms with van der Waals surface area (Å²) >= 11 is 0. The van der Waals surface area contributed by atoms with Crippen LogP contribution in [-0.4, -0.2) is 29.6 Å². The number of hydrogen-bond donors (Lipinski definition) is 3. The van der Waals surface area contributed by atoms with E-state index in [4.69, 9.17) is 10.2 Å². The molecule has 0 aliphatic carbocycles. The van der Waals surface area contributed by atoms with Crippen LogP contribution in [0.3, 0.4) is 0 Å². The highest BCUT2D eigenvalue weighted by molar-refractivity contribution is 4.62. The molecule has 0 saturated heterocycles. The lowest BCUT2D eigenvalue weighted by atomic mass is 10.3. The molecule has 7 heavy (non-hydrogen) atoms. The molecule has 0 saturated carbocycles. The fourth-order valence-electron chi connectivity index (χ4n) is 0.0791. The summed E-state index contributed by atoms with van der Waals surface area (Å²) in [5.41, 5.74) is -1.11. The Morgan fingerprint density at radius 1 is 1.71 bits per heavy atom. The number of nitrogens with one attached hydrogen (secondary N) is 1. The van der Waals surface area contributed by atoms with Crippen molar-refractivity contribution in [2.75, 3.05) is 13.7 Å². The predicted octanol–water partition coefficient (Wildman–Crippen LogP) is -1.09. The lowest BCUT2D eigenvalue weighted by Crippen LogP contribution is -2.42. The van der Waals surface area contributed by atoms with Crippen LogP contribution in [0.1, 0.15) is 6.92 Å². The molecule has 0 fully saturated rings. The predicted molar refractivity (Wildman–Crippen MR) is 26.8 cm³/mol. The summed E-state index contributed by atoms with van der Waals surface area (Å²) in [5.74, 6) is 0. The zero-order valence-corrected chi connectivity index (χ0v) is 4.60. The standard InChI is InChI=1S/C4H11NO2/c1-4(7,3-6)5-2/h5-7H,3H2,1-2H3. The molecular weight excluding hydrogens is 94.0 g/mol. The van der Waals surface area contributed by atoms with Crippen LogP contribution in [0.4, 0.5) is 0 Å². The Bertz CT molecular complexity index is 47.7. The molecule has 3 heteroatoms. The Kier molecular flexibility index (Phi) is 2.22. The van der Waals surface area contributed by atoms with Crippen molar-refractivity contribution >= 4 is 0 Å². The molecule has 1 atom stereocenters. The van der Waals surface area contributed by atoms with E-state index in [0.717, 1.165) is 0 Å². The van der Waals surface area contributed by atoms with Crippen molar-refractivity contribution in [2.24, 2.45) is 0 Å². The molecule has 3 nitrogen and oxygen atoms in total. The zero-order chi connectivity index (χ0) is 5.91. The third-order valence-electron chi connectivity index (χ3n) is 0.846. The summed E-state index contributed by atoms with van der Waals surface area (Å²) in [4.78, 5) is 0. The van der Waals surface area contributed by atoms with E-state index in [1.807, 2.05) is 0 Å². The van der Waals surface area contributed by atoms with Crippen molar-refractivity contribution < 1.29 is 10.2 Å². The summed E-state index contributed by atoms with van der Waals surface area (Å²) in [7, 11) is 1.58. The number of aliphatic hydroxyl groups is 2. The molecule has 0 rings (SSSR count). The molecular formula is C4H11NO2. The quantitative estimate of drug-likeness (QED) is 0.391. The van der Waals surface area contributed by atoms with Gasteiger partial charge < -0.3 is 10.2 Å². The minimum atomic E-state index is -1.11. The molecule has 3 N–H and O–H groups in total. The van der Waals surface area contributed by atoms with Gasteiger partial charge in [0, 0.05) is 0 Å². The Morgan fingerprint density at radius 3 is 2.14 bits per heavy atom. The van der Waals surface area contributed by atoms with Gasteiger partial charge in [0.25, 0.3) is 0 Å². The lowest BCUT2D eigenvalue weighted by molar-refractivity contribution is -0.0206. The summed E-state index contributed by atoms with van der Waals surface area (Å²) < 4.78 is 0. The number of rotatable bonds is 2. The van der Waals surface area contributed by atoms with E-state index in [2.05, 4.69) is 5.32 Å².